The number of benzene rings is 2. The first-order valence-electron chi connectivity index (χ1n) is 5.37. The van der Waals surface area contributed by atoms with Gasteiger partial charge in [-0.25, -0.2) is 0 Å². The minimum atomic E-state index is -4.52. The molecule has 0 amide bonds. The van der Waals surface area contributed by atoms with Gasteiger partial charge in [-0.15, -0.1) is 0 Å². The highest BCUT2D eigenvalue weighted by Gasteiger charge is 2.32. The van der Waals surface area contributed by atoms with Gasteiger partial charge in [0.2, 0.25) is 0 Å². The van der Waals surface area contributed by atoms with E-state index in [-0.39, 0.29) is 15.8 Å². The molecule has 2 N–H and O–H groups in total. The van der Waals surface area contributed by atoms with Crippen molar-refractivity contribution in [1.29, 1.82) is 0 Å². The average Bonchev–Trinajstić information content (AvgIpc) is 2.32. The summed E-state index contributed by atoms with van der Waals surface area (Å²) in [4.78, 5) is 0. The zero-order valence-corrected chi connectivity index (χ0v) is 11.4. The Balaban J connectivity index is 2.38. The molecule has 0 aliphatic carbocycles. The van der Waals surface area contributed by atoms with E-state index < -0.39 is 11.7 Å². The maximum absolute atomic E-state index is 12.6. The van der Waals surface area contributed by atoms with E-state index >= 15 is 0 Å². The Hall–Kier alpha value is -1.59. The highest BCUT2D eigenvalue weighted by atomic mass is 35.5. The molecule has 0 aromatic heterocycles. The fraction of sp³-hybridized carbons (Fsp3) is 0.0769. The second kappa shape index (κ2) is 5.42. The normalized spacial score (nSPS) is 11.4. The number of halogens is 5. The van der Waals surface area contributed by atoms with Crippen LogP contribution >= 0.6 is 23.2 Å². The van der Waals surface area contributed by atoms with Gasteiger partial charge >= 0.3 is 6.18 Å². The number of anilines is 1. The van der Waals surface area contributed by atoms with Gasteiger partial charge in [-0.05, 0) is 24.3 Å². The molecule has 106 valence electrons. The number of hydrogen-bond acceptors (Lipinski definition) is 2. The molecule has 0 aliphatic rings. The van der Waals surface area contributed by atoms with Gasteiger partial charge < -0.3 is 10.5 Å². The Bertz CT molecular complexity index is 621. The SMILES string of the molecule is Nc1cccc(Oc2c(Cl)cc(C(F)(F)F)cc2Cl)c1. The lowest BCUT2D eigenvalue weighted by atomic mass is 10.2. The first kappa shape index (κ1) is 14.8. The molecule has 20 heavy (non-hydrogen) atoms. The zero-order valence-electron chi connectivity index (χ0n) is 9.84. The summed E-state index contributed by atoms with van der Waals surface area (Å²) in [6, 6.07) is 7.88. The van der Waals surface area contributed by atoms with Crippen LogP contribution in [0.5, 0.6) is 11.5 Å². The first-order chi connectivity index (χ1) is 9.27. The predicted octanol–water partition coefficient (Wildman–Crippen LogP) is 5.39. The lowest BCUT2D eigenvalue weighted by Crippen LogP contribution is -2.05. The summed E-state index contributed by atoms with van der Waals surface area (Å²) in [5.41, 5.74) is 5.08. The Morgan fingerprint density at radius 2 is 1.60 bits per heavy atom. The first-order valence-corrected chi connectivity index (χ1v) is 6.12. The fourth-order valence-corrected chi connectivity index (χ4v) is 2.08. The van der Waals surface area contributed by atoms with Gasteiger partial charge in [-0.3, -0.25) is 0 Å². The zero-order chi connectivity index (χ0) is 14.9. The van der Waals surface area contributed by atoms with Crippen molar-refractivity contribution in [3.63, 3.8) is 0 Å². The summed E-state index contributed by atoms with van der Waals surface area (Å²) < 4.78 is 43.1. The summed E-state index contributed by atoms with van der Waals surface area (Å²) in [5, 5.41) is -0.459. The van der Waals surface area contributed by atoms with Crippen LogP contribution < -0.4 is 10.5 Å². The van der Waals surface area contributed by atoms with E-state index in [1.807, 2.05) is 0 Å². The lowest BCUT2D eigenvalue weighted by molar-refractivity contribution is -0.137. The maximum atomic E-state index is 12.6. The average molecular weight is 322 g/mol. The van der Waals surface area contributed by atoms with E-state index in [9.17, 15) is 13.2 Å². The summed E-state index contributed by atoms with van der Waals surface area (Å²) in [5.74, 6) is 0.278. The molecular weight excluding hydrogens is 314 g/mol. The Kier molecular flexibility index (Phi) is 4.01. The van der Waals surface area contributed by atoms with Gasteiger partial charge in [-0.1, -0.05) is 29.3 Å². The highest BCUT2D eigenvalue weighted by molar-refractivity contribution is 6.37. The quantitative estimate of drug-likeness (QED) is 0.753. The third kappa shape index (κ3) is 3.29. The Morgan fingerprint density at radius 1 is 1.00 bits per heavy atom. The van der Waals surface area contributed by atoms with Gasteiger partial charge in [0.05, 0.1) is 15.6 Å². The topological polar surface area (TPSA) is 35.2 Å². The summed E-state index contributed by atoms with van der Waals surface area (Å²) in [6.07, 6.45) is -4.52. The standard InChI is InChI=1S/C13H8Cl2F3NO/c14-10-4-7(13(16,17)18)5-11(15)12(10)20-9-3-1-2-8(19)6-9/h1-6H,19H2. The molecular formula is C13H8Cl2F3NO. The van der Waals surface area contributed by atoms with Gasteiger partial charge in [0.25, 0.3) is 0 Å². The van der Waals surface area contributed by atoms with E-state index in [2.05, 4.69) is 0 Å². The van der Waals surface area contributed by atoms with Gasteiger partial charge in [0.1, 0.15) is 5.75 Å². The Morgan fingerprint density at radius 3 is 2.10 bits per heavy atom. The van der Waals surface area contributed by atoms with Crippen LogP contribution in [-0.4, -0.2) is 0 Å². The van der Waals surface area contributed by atoms with Crippen LogP contribution in [0, 0.1) is 0 Å². The summed E-state index contributed by atoms with van der Waals surface area (Å²) in [7, 11) is 0. The smallest absolute Gasteiger partial charge is 0.416 e. The molecule has 0 heterocycles. The van der Waals surface area contributed by atoms with Crippen molar-refractivity contribution in [3.8, 4) is 11.5 Å². The summed E-state index contributed by atoms with van der Waals surface area (Å²) in [6.45, 7) is 0. The maximum Gasteiger partial charge on any atom is 0.416 e. The van der Waals surface area contributed by atoms with Crippen molar-refractivity contribution in [2.45, 2.75) is 6.18 Å². The van der Waals surface area contributed by atoms with Gasteiger partial charge in [-0.2, -0.15) is 13.2 Å². The van der Waals surface area contributed by atoms with Crippen molar-refractivity contribution >= 4 is 28.9 Å². The van der Waals surface area contributed by atoms with Gasteiger partial charge in [0, 0.05) is 11.8 Å². The van der Waals surface area contributed by atoms with Gasteiger partial charge in [0.15, 0.2) is 5.75 Å². The van der Waals surface area contributed by atoms with E-state index in [4.69, 9.17) is 33.7 Å². The molecule has 2 aromatic rings. The number of ether oxygens (including phenoxy) is 1. The number of nitrogen functional groups attached to an aromatic ring is 1. The van der Waals surface area contributed by atoms with E-state index in [0.717, 1.165) is 12.1 Å². The van der Waals surface area contributed by atoms with Crippen molar-refractivity contribution in [2.24, 2.45) is 0 Å². The van der Waals surface area contributed by atoms with E-state index in [1.165, 1.54) is 6.07 Å². The molecule has 0 unspecified atom stereocenters. The molecule has 0 aliphatic heterocycles. The summed E-state index contributed by atoms with van der Waals surface area (Å²) >= 11 is 11.6. The molecule has 0 atom stereocenters. The van der Waals surface area contributed by atoms with Crippen molar-refractivity contribution in [2.75, 3.05) is 5.73 Å². The third-order valence-electron chi connectivity index (χ3n) is 2.40. The molecule has 7 heteroatoms. The molecule has 0 fully saturated rings. The van der Waals surface area contributed by atoms with Crippen LogP contribution in [0.25, 0.3) is 0 Å². The van der Waals surface area contributed by atoms with Crippen molar-refractivity contribution < 1.29 is 17.9 Å². The molecule has 2 rings (SSSR count). The molecule has 0 bridgehead atoms. The van der Waals surface area contributed by atoms with Crippen LogP contribution in [0.3, 0.4) is 0 Å². The number of hydrogen-bond donors (Lipinski definition) is 1. The van der Waals surface area contributed by atoms with Crippen molar-refractivity contribution in [1.82, 2.24) is 0 Å². The van der Waals surface area contributed by atoms with Crippen LogP contribution in [0.1, 0.15) is 5.56 Å². The minimum absolute atomic E-state index is 0.0491. The van der Waals surface area contributed by atoms with Crippen LogP contribution in [0.15, 0.2) is 36.4 Å². The molecule has 2 nitrogen and oxygen atoms in total. The molecule has 2 aromatic carbocycles. The molecule has 0 radical (unpaired) electrons. The number of alkyl halides is 3. The highest BCUT2D eigenvalue weighted by Crippen LogP contribution is 2.41. The lowest BCUT2D eigenvalue weighted by Gasteiger charge is -2.13. The monoisotopic (exact) mass is 321 g/mol. The van der Waals surface area contributed by atoms with Crippen molar-refractivity contribution in [3.05, 3.63) is 52.0 Å². The number of rotatable bonds is 2. The fourth-order valence-electron chi connectivity index (χ4n) is 1.52. The third-order valence-corrected chi connectivity index (χ3v) is 2.97. The second-order valence-electron chi connectivity index (χ2n) is 3.94. The van der Waals surface area contributed by atoms with E-state index in [0.29, 0.717) is 11.4 Å². The van der Waals surface area contributed by atoms with E-state index in [1.54, 1.807) is 18.2 Å². The molecule has 0 spiro atoms. The largest absolute Gasteiger partial charge is 0.454 e. The molecule has 0 saturated carbocycles. The molecule has 0 saturated heterocycles. The van der Waals surface area contributed by atoms with Crippen LogP contribution in [0.4, 0.5) is 18.9 Å². The number of nitrogens with two attached hydrogens (primary N) is 1. The predicted molar refractivity (Wildman–Crippen MR) is 72.4 cm³/mol. The van der Waals surface area contributed by atoms with Crippen LogP contribution in [0.2, 0.25) is 10.0 Å². The minimum Gasteiger partial charge on any atom is -0.454 e. The van der Waals surface area contributed by atoms with Crippen LogP contribution in [-0.2, 0) is 6.18 Å². The Labute approximate surface area is 122 Å². The second-order valence-corrected chi connectivity index (χ2v) is 4.76.